The Kier molecular flexibility index (Phi) is 3.51. The van der Waals surface area contributed by atoms with Crippen molar-refractivity contribution in [3.8, 4) is 22.3 Å². The fraction of sp³-hybridized carbons (Fsp3) is 0.0741. The van der Waals surface area contributed by atoms with Crippen LogP contribution >= 0.6 is 15.9 Å². The van der Waals surface area contributed by atoms with Gasteiger partial charge in [0.1, 0.15) is 0 Å². The zero-order chi connectivity index (χ0) is 19.6. The number of hydrogen-bond acceptors (Lipinski definition) is 1. The summed E-state index contributed by atoms with van der Waals surface area (Å²) in [7, 11) is 0. The Bertz CT molecular complexity index is 1250. The first-order valence-corrected chi connectivity index (χ1v) is 10.9. The maximum atomic E-state index is 12.5. The fourth-order valence-corrected chi connectivity index (χ4v) is 5.67. The number of benzene rings is 4. The number of carbonyl (C=O) groups is 1. The first kappa shape index (κ1) is 16.9. The third-order valence-corrected chi connectivity index (χ3v) is 6.95. The maximum Gasteiger partial charge on any atom is 0.173 e. The molecule has 6 rings (SSSR count). The lowest BCUT2D eigenvalue weighted by molar-refractivity contribution is 0.102. The number of fused-ring (bicyclic) bond motifs is 10. The normalized spacial score (nSPS) is 14.2. The van der Waals surface area contributed by atoms with Crippen molar-refractivity contribution in [1.29, 1.82) is 0 Å². The minimum absolute atomic E-state index is 0.110. The van der Waals surface area contributed by atoms with E-state index in [-0.39, 0.29) is 11.2 Å². The van der Waals surface area contributed by atoms with Crippen molar-refractivity contribution in [2.45, 2.75) is 5.41 Å². The van der Waals surface area contributed by atoms with E-state index >= 15 is 0 Å². The molecule has 1 nitrogen and oxygen atoms in total. The van der Waals surface area contributed by atoms with Gasteiger partial charge in [0.25, 0.3) is 0 Å². The number of halogens is 1. The third-order valence-electron chi connectivity index (χ3n) is 6.44. The SMILES string of the molecule is O=C(CBr)c1ccc2c(c1)C1(c3ccccc3-c3ccccc31)c1ccccc1-2. The molecule has 2 aliphatic rings. The lowest BCUT2D eigenvalue weighted by Crippen LogP contribution is -2.26. The van der Waals surface area contributed by atoms with Crippen molar-refractivity contribution >= 4 is 21.7 Å². The molecule has 0 N–H and O–H groups in total. The number of ketones is 1. The van der Waals surface area contributed by atoms with Crippen LogP contribution in [-0.4, -0.2) is 11.1 Å². The predicted molar refractivity (Wildman–Crippen MR) is 121 cm³/mol. The second kappa shape index (κ2) is 6.01. The van der Waals surface area contributed by atoms with Crippen LogP contribution in [0.1, 0.15) is 32.6 Å². The molecule has 1 spiro atoms. The van der Waals surface area contributed by atoms with Crippen LogP contribution in [0.5, 0.6) is 0 Å². The Balaban J connectivity index is 1.81. The molecule has 0 saturated heterocycles. The molecule has 0 aliphatic heterocycles. The average Bonchev–Trinajstić information content (AvgIpc) is 3.25. The summed E-state index contributed by atoms with van der Waals surface area (Å²) in [6, 6.07) is 32.3. The Labute approximate surface area is 178 Å². The molecule has 2 heteroatoms. The molecule has 29 heavy (non-hydrogen) atoms. The minimum Gasteiger partial charge on any atom is -0.293 e. The second-order valence-corrected chi connectivity index (χ2v) is 8.26. The van der Waals surface area contributed by atoms with Crippen molar-refractivity contribution in [3.05, 3.63) is 119 Å². The van der Waals surface area contributed by atoms with Crippen molar-refractivity contribution in [2.24, 2.45) is 0 Å². The largest absolute Gasteiger partial charge is 0.293 e. The van der Waals surface area contributed by atoms with Crippen LogP contribution < -0.4 is 0 Å². The molecule has 138 valence electrons. The average molecular weight is 437 g/mol. The summed E-state index contributed by atoms with van der Waals surface area (Å²) in [6.07, 6.45) is 0. The van der Waals surface area contributed by atoms with Gasteiger partial charge in [-0.05, 0) is 50.6 Å². The van der Waals surface area contributed by atoms with E-state index in [1.165, 1.54) is 44.5 Å². The Morgan fingerprint density at radius 1 is 0.621 bits per heavy atom. The zero-order valence-corrected chi connectivity index (χ0v) is 17.2. The van der Waals surface area contributed by atoms with Gasteiger partial charge in [-0.2, -0.15) is 0 Å². The van der Waals surface area contributed by atoms with E-state index in [1.54, 1.807) is 0 Å². The quantitative estimate of drug-likeness (QED) is 0.220. The maximum absolute atomic E-state index is 12.5. The van der Waals surface area contributed by atoms with Crippen LogP contribution in [-0.2, 0) is 5.41 Å². The molecule has 0 fully saturated rings. The number of Topliss-reactive ketones (excluding diaryl/α,β-unsaturated/α-hetero) is 1. The minimum atomic E-state index is -0.373. The fourth-order valence-electron chi connectivity index (χ4n) is 5.35. The summed E-state index contributed by atoms with van der Waals surface area (Å²) in [4.78, 5) is 12.5. The second-order valence-electron chi connectivity index (χ2n) is 7.70. The highest BCUT2D eigenvalue weighted by Crippen LogP contribution is 2.62. The lowest BCUT2D eigenvalue weighted by Gasteiger charge is -2.30. The van der Waals surface area contributed by atoms with E-state index in [0.717, 1.165) is 5.56 Å². The molecule has 0 aromatic heterocycles. The first-order valence-electron chi connectivity index (χ1n) is 9.80. The number of hydrogen-bond donors (Lipinski definition) is 0. The standard InChI is InChI=1S/C27H17BrO/c28-16-26(29)17-13-14-21-20-9-3-6-12-24(20)27(25(21)15-17)22-10-4-1-7-18(22)19-8-2-5-11-23(19)27/h1-15H,16H2. The number of rotatable bonds is 2. The van der Waals surface area contributed by atoms with Gasteiger partial charge in [0.2, 0.25) is 0 Å². The van der Waals surface area contributed by atoms with Crippen LogP contribution in [0.25, 0.3) is 22.3 Å². The zero-order valence-electron chi connectivity index (χ0n) is 15.7. The van der Waals surface area contributed by atoms with Gasteiger partial charge in [-0.1, -0.05) is 101 Å². The van der Waals surface area contributed by atoms with E-state index in [0.29, 0.717) is 5.33 Å². The van der Waals surface area contributed by atoms with Crippen molar-refractivity contribution in [3.63, 3.8) is 0 Å². The third kappa shape index (κ3) is 2.02. The molecule has 0 radical (unpaired) electrons. The van der Waals surface area contributed by atoms with E-state index in [9.17, 15) is 4.79 Å². The summed E-state index contributed by atoms with van der Waals surface area (Å²) < 4.78 is 0. The molecular formula is C27H17BrO. The van der Waals surface area contributed by atoms with Crippen molar-refractivity contribution < 1.29 is 4.79 Å². The molecule has 2 aliphatic carbocycles. The molecular weight excluding hydrogens is 420 g/mol. The van der Waals surface area contributed by atoms with Gasteiger partial charge in [-0.3, -0.25) is 4.79 Å². The van der Waals surface area contributed by atoms with Crippen molar-refractivity contribution in [1.82, 2.24) is 0 Å². The molecule has 0 atom stereocenters. The summed E-state index contributed by atoms with van der Waals surface area (Å²) in [5.74, 6) is 0.110. The molecule has 4 aromatic rings. The van der Waals surface area contributed by atoms with Gasteiger partial charge >= 0.3 is 0 Å². The smallest absolute Gasteiger partial charge is 0.173 e. The Morgan fingerprint density at radius 2 is 1.07 bits per heavy atom. The van der Waals surface area contributed by atoms with Gasteiger partial charge in [0.15, 0.2) is 5.78 Å². The van der Waals surface area contributed by atoms with Gasteiger partial charge < -0.3 is 0 Å². The summed E-state index contributed by atoms with van der Waals surface area (Å²) >= 11 is 3.34. The molecule has 0 heterocycles. The highest BCUT2D eigenvalue weighted by Gasteiger charge is 2.51. The van der Waals surface area contributed by atoms with E-state index < -0.39 is 0 Å². The van der Waals surface area contributed by atoms with Crippen LogP contribution in [0.2, 0.25) is 0 Å². The first-order chi connectivity index (χ1) is 14.3. The highest BCUT2D eigenvalue weighted by atomic mass is 79.9. The Morgan fingerprint density at radius 3 is 1.55 bits per heavy atom. The molecule has 0 bridgehead atoms. The van der Waals surface area contributed by atoms with Crippen LogP contribution in [0.3, 0.4) is 0 Å². The molecule has 0 amide bonds. The number of carbonyl (C=O) groups excluding carboxylic acids is 1. The molecule has 0 saturated carbocycles. The predicted octanol–water partition coefficient (Wildman–Crippen LogP) is 6.61. The van der Waals surface area contributed by atoms with Crippen molar-refractivity contribution in [2.75, 3.05) is 5.33 Å². The lowest BCUT2D eigenvalue weighted by atomic mass is 9.70. The van der Waals surface area contributed by atoms with E-state index in [1.807, 2.05) is 6.07 Å². The Hall–Kier alpha value is -2.97. The summed E-state index contributed by atoms with van der Waals surface area (Å²) in [6.45, 7) is 0. The molecule has 4 aromatic carbocycles. The van der Waals surface area contributed by atoms with Crippen LogP contribution in [0.4, 0.5) is 0 Å². The van der Waals surface area contributed by atoms with Crippen LogP contribution in [0, 0.1) is 0 Å². The van der Waals surface area contributed by atoms with Crippen LogP contribution in [0.15, 0.2) is 91.0 Å². The topological polar surface area (TPSA) is 17.1 Å². The molecule has 0 unspecified atom stereocenters. The van der Waals surface area contributed by atoms with Gasteiger partial charge in [0.05, 0.1) is 10.7 Å². The van der Waals surface area contributed by atoms with Gasteiger partial charge in [0, 0.05) is 5.56 Å². The number of alkyl halides is 1. The van der Waals surface area contributed by atoms with Gasteiger partial charge in [-0.15, -0.1) is 0 Å². The van der Waals surface area contributed by atoms with E-state index in [2.05, 4.69) is 101 Å². The highest BCUT2D eigenvalue weighted by molar-refractivity contribution is 9.09. The van der Waals surface area contributed by atoms with Gasteiger partial charge in [-0.25, -0.2) is 0 Å². The summed E-state index contributed by atoms with van der Waals surface area (Å²) in [5.41, 5.74) is 10.5. The van der Waals surface area contributed by atoms with E-state index in [4.69, 9.17) is 0 Å². The monoisotopic (exact) mass is 436 g/mol. The summed E-state index contributed by atoms with van der Waals surface area (Å²) in [5, 5.41) is 0.332.